The summed E-state index contributed by atoms with van der Waals surface area (Å²) < 4.78 is 0. The molecule has 3 nitrogen and oxygen atoms in total. The van der Waals surface area contributed by atoms with Gasteiger partial charge in [0.15, 0.2) is 6.29 Å². The van der Waals surface area contributed by atoms with Crippen molar-refractivity contribution in [2.75, 3.05) is 13.1 Å². The molecule has 0 saturated carbocycles. The fourth-order valence-electron chi connectivity index (χ4n) is 2.22. The summed E-state index contributed by atoms with van der Waals surface area (Å²) >= 11 is 1.53. The van der Waals surface area contributed by atoms with Crippen LogP contribution in [0.15, 0.2) is 6.20 Å². The number of rotatable bonds is 4. The zero-order chi connectivity index (χ0) is 11.5. The summed E-state index contributed by atoms with van der Waals surface area (Å²) in [6.45, 7) is 6.87. The highest BCUT2D eigenvalue weighted by Crippen LogP contribution is 2.24. The van der Waals surface area contributed by atoms with Crippen molar-refractivity contribution in [1.82, 2.24) is 9.88 Å². The van der Waals surface area contributed by atoms with Gasteiger partial charge in [0.2, 0.25) is 0 Å². The highest BCUT2D eigenvalue weighted by molar-refractivity contribution is 7.13. The second-order valence-electron chi connectivity index (χ2n) is 4.72. The van der Waals surface area contributed by atoms with E-state index < -0.39 is 0 Å². The highest BCUT2D eigenvalue weighted by atomic mass is 32.1. The fourth-order valence-corrected chi connectivity index (χ4v) is 3.07. The number of carbonyl (C=O) groups excluding carboxylic acids is 1. The number of carbonyl (C=O) groups is 1. The van der Waals surface area contributed by atoms with Gasteiger partial charge in [0.25, 0.3) is 0 Å². The van der Waals surface area contributed by atoms with Crippen LogP contribution >= 0.6 is 11.3 Å². The zero-order valence-corrected chi connectivity index (χ0v) is 10.7. The van der Waals surface area contributed by atoms with Crippen LogP contribution < -0.4 is 0 Å². The first-order chi connectivity index (χ1) is 7.69. The molecule has 0 aliphatic carbocycles. The van der Waals surface area contributed by atoms with E-state index in [-0.39, 0.29) is 0 Å². The van der Waals surface area contributed by atoms with Gasteiger partial charge in [0, 0.05) is 25.2 Å². The predicted molar refractivity (Wildman–Crippen MR) is 66.0 cm³/mol. The third-order valence-corrected chi connectivity index (χ3v) is 4.14. The van der Waals surface area contributed by atoms with Crippen molar-refractivity contribution in [1.29, 1.82) is 0 Å². The summed E-state index contributed by atoms with van der Waals surface area (Å²) in [4.78, 5) is 18.1. The molecule has 88 valence electrons. The van der Waals surface area contributed by atoms with E-state index in [9.17, 15) is 4.79 Å². The van der Waals surface area contributed by atoms with E-state index in [2.05, 4.69) is 23.7 Å². The van der Waals surface area contributed by atoms with Crippen molar-refractivity contribution in [3.8, 4) is 0 Å². The van der Waals surface area contributed by atoms with Crippen LogP contribution in [0.1, 0.15) is 34.9 Å². The van der Waals surface area contributed by atoms with E-state index in [1.54, 1.807) is 6.20 Å². The molecule has 1 aromatic rings. The Labute approximate surface area is 100 Å². The Balaban J connectivity index is 1.89. The van der Waals surface area contributed by atoms with Gasteiger partial charge in [-0.3, -0.25) is 4.79 Å². The number of aldehydes is 1. The summed E-state index contributed by atoms with van der Waals surface area (Å²) in [6, 6.07) is 0.645. The van der Waals surface area contributed by atoms with E-state index >= 15 is 0 Å². The lowest BCUT2D eigenvalue weighted by Crippen LogP contribution is -2.28. The molecule has 0 bridgehead atoms. The molecule has 2 heterocycles. The minimum atomic E-state index is 0.645. The van der Waals surface area contributed by atoms with Gasteiger partial charge in [-0.25, -0.2) is 4.98 Å². The summed E-state index contributed by atoms with van der Waals surface area (Å²) in [6.07, 6.45) is 4.86. The lowest BCUT2D eigenvalue weighted by Gasteiger charge is -2.19. The predicted octanol–water partition coefficient (Wildman–Crippen LogP) is 2.23. The normalized spacial score (nSPS) is 21.8. The standard InChI is InChI=1S/C12H18N2OS/c1-9(2)14-4-3-10(7-14)5-12-13-6-11(8-15)16-12/h6,8-10H,3-5,7H2,1-2H3. The van der Waals surface area contributed by atoms with Crippen LogP contribution in [0.2, 0.25) is 0 Å². The molecule has 1 aliphatic heterocycles. The number of hydrogen-bond acceptors (Lipinski definition) is 4. The monoisotopic (exact) mass is 238 g/mol. The van der Waals surface area contributed by atoms with Crippen molar-refractivity contribution in [3.63, 3.8) is 0 Å². The van der Waals surface area contributed by atoms with Crippen molar-refractivity contribution in [3.05, 3.63) is 16.1 Å². The van der Waals surface area contributed by atoms with Gasteiger partial charge in [-0.1, -0.05) is 0 Å². The molecule has 0 amide bonds. The number of thiazole rings is 1. The smallest absolute Gasteiger partial charge is 0.161 e. The van der Waals surface area contributed by atoms with Gasteiger partial charge in [-0.2, -0.15) is 0 Å². The number of aromatic nitrogens is 1. The lowest BCUT2D eigenvalue weighted by molar-refractivity contribution is 0.112. The number of nitrogens with zero attached hydrogens (tertiary/aromatic N) is 2. The Morgan fingerprint density at radius 2 is 2.50 bits per heavy atom. The van der Waals surface area contributed by atoms with Crippen molar-refractivity contribution in [2.45, 2.75) is 32.7 Å². The van der Waals surface area contributed by atoms with Crippen LogP contribution in [0.3, 0.4) is 0 Å². The van der Waals surface area contributed by atoms with Crippen molar-refractivity contribution >= 4 is 17.6 Å². The first kappa shape index (κ1) is 11.7. The molecule has 2 rings (SSSR count). The topological polar surface area (TPSA) is 33.2 Å². The second kappa shape index (κ2) is 5.06. The lowest BCUT2D eigenvalue weighted by atomic mass is 10.1. The van der Waals surface area contributed by atoms with Gasteiger partial charge < -0.3 is 4.90 Å². The van der Waals surface area contributed by atoms with Crippen LogP contribution in [0.4, 0.5) is 0 Å². The van der Waals surface area contributed by atoms with Gasteiger partial charge in [-0.05, 0) is 32.7 Å². The molecule has 1 aliphatic rings. The molecule has 0 radical (unpaired) electrons. The summed E-state index contributed by atoms with van der Waals surface area (Å²) in [5.74, 6) is 0.716. The van der Waals surface area contributed by atoms with Crippen molar-refractivity contribution < 1.29 is 4.79 Å². The molecule has 0 spiro atoms. The number of hydrogen-bond donors (Lipinski definition) is 0. The molecule has 1 fully saturated rings. The molecule has 1 unspecified atom stereocenters. The minimum absolute atomic E-state index is 0.645. The van der Waals surface area contributed by atoms with E-state index in [1.807, 2.05) is 0 Å². The Kier molecular flexibility index (Phi) is 3.71. The van der Waals surface area contributed by atoms with E-state index in [0.717, 1.165) is 22.6 Å². The average molecular weight is 238 g/mol. The van der Waals surface area contributed by atoms with Gasteiger partial charge in [-0.15, -0.1) is 11.3 Å². The molecular formula is C12H18N2OS. The fraction of sp³-hybridized carbons (Fsp3) is 0.667. The molecule has 16 heavy (non-hydrogen) atoms. The minimum Gasteiger partial charge on any atom is -0.301 e. The van der Waals surface area contributed by atoms with Crippen LogP contribution in [-0.4, -0.2) is 35.3 Å². The van der Waals surface area contributed by atoms with E-state index in [4.69, 9.17) is 0 Å². The Morgan fingerprint density at radius 3 is 3.06 bits per heavy atom. The maximum atomic E-state index is 10.6. The zero-order valence-electron chi connectivity index (χ0n) is 9.85. The quantitative estimate of drug-likeness (QED) is 0.754. The van der Waals surface area contributed by atoms with Gasteiger partial charge >= 0.3 is 0 Å². The molecule has 4 heteroatoms. The Bertz CT molecular complexity index is 362. The molecular weight excluding hydrogens is 220 g/mol. The first-order valence-corrected chi connectivity index (χ1v) is 6.64. The van der Waals surface area contributed by atoms with Gasteiger partial charge in [0.1, 0.15) is 0 Å². The molecule has 0 aromatic carbocycles. The Hall–Kier alpha value is -0.740. The SMILES string of the molecule is CC(C)N1CCC(Cc2ncc(C=O)s2)C1. The third kappa shape index (κ3) is 2.68. The third-order valence-electron chi connectivity index (χ3n) is 3.20. The van der Waals surface area contributed by atoms with Gasteiger partial charge in [0.05, 0.1) is 9.88 Å². The maximum Gasteiger partial charge on any atom is 0.161 e. The second-order valence-corrected chi connectivity index (χ2v) is 5.87. The average Bonchev–Trinajstić information content (AvgIpc) is 2.87. The molecule has 1 atom stereocenters. The van der Waals surface area contributed by atoms with E-state index in [0.29, 0.717) is 12.0 Å². The Morgan fingerprint density at radius 1 is 1.69 bits per heavy atom. The molecule has 0 N–H and O–H groups in total. The highest BCUT2D eigenvalue weighted by Gasteiger charge is 2.24. The summed E-state index contributed by atoms with van der Waals surface area (Å²) in [5, 5.41) is 1.11. The van der Waals surface area contributed by atoms with Crippen LogP contribution in [0, 0.1) is 5.92 Å². The molecule has 1 saturated heterocycles. The van der Waals surface area contributed by atoms with E-state index in [1.165, 1.54) is 30.8 Å². The number of likely N-dealkylation sites (tertiary alicyclic amines) is 1. The van der Waals surface area contributed by atoms with Crippen molar-refractivity contribution in [2.24, 2.45) is 5.92 Å². The van der Waals surface area contributed by atoms with Crippen LogP contribution in [0.5, 0.6) is 0 Å². The summed E-state index contributed by atoms with van der Waals surface area (Å²) in [7, 11) is 0. The maximum absolute atomic E-state index is 10.6. The van der Waals surface area contributed by atoms with Crippen LogP contribution in [-0.2, 0) is 6.42 Å². The first-order valence-electron chi connectivity index (χ1n) is 5.83. The van der Waals surface area contributed by atoms with Crippen LogP contribution in [0.25, 0.3) is 0 Å². The largest absolute Gasteiger partial charge is 0.301 e. The molecule has 1 aromatic heterocycles. The summed E-state index contributed by atoms with van der Waals surface area (Å²) in [5.41, 5.74) is 0.